The Hall–Kier alpha value is -1.00. The molecule has 0 aliphatic heterocycles. The van der Waals surface area contributed by atoms with Crippen LogP contribution in [-0.2, 0) is 11.3 Å². The van der Waals surface area contributed by atoms with Crippen LogP contribution in [0, 0.1) is 0 Å². The van der Waals surface area contributed by atoms with Gasteiger partial charge in [0, 0.05) is 24.0 Å². The van der Waals surface area contributed by atoms with E-state index >= 15 is 0 Å². The second kappa shape index (κ2) is 7.70. The molecule has 0 unspecified atom stereocenters. The maximum atomic E-state index is 12.4. The number of rotatable bonds is 5. The van der Waals surface area contributed by atoms with Crippen LogP contribution in [0.25, 0.3) is 0 Å². The molecule has 0 spiro atoms. The molecule has 1 fully saturated rings. The second-order valence-corrected chi connectivity index (χ2v) is 6.42. The number of carbonyl (C=O) groups excluding carboxylic acids is 1. The van der Waals surface area contributed by atoms with E-state index in [1.54, 1.807) is 7.11 Å². The Morgan fingerprint density at radius 3 is 2.95 bits per heavy atom. The number of thioether (sulfide) groups is 1. The maximum Gasteiger partial charge on any atom is 0.251 e. The van der Waals surface area contributed by atoms with E-state index in [2.05, 4.69) is 11.6 Å². The van der Waals surface area contributed by atoms with Crippen molar-refractivity contribution in [2.24, 2.45) is 0 Å². The van der Waals surface area contributed by atoms with Crippen LogP contribution in [0.3, 0.4) is 0 Å². The molecular weight excluding hydrogens is 270 g/mol. The molecule has 1 amide bonds. The lowest BCUT2D eigenvalue weighted by Crippen LogP contribution is -2.39. The van der Waals surface area contributed by atoms with Crippen LogP contribution in [0.15, 0.2) is 24.3 Å². The molecule has 1 aliphatic carbocycles. The third kappa shape index (κ3) is 4.00. The lowest BCUT2D eigenvalue weighted by molar-refractivity contribution is 0.0923. The molecule has 1 saturated carbocycles. The minimum atomic E-state index is 0.0319. The van der Waals surface area contributed by atoms with Gasteiger partial charge in [-0.25, -0.2) is 0 Å². The monoisotopic (exact) mass is 293 g/mol. The minimum absolute atomic E-state index is 0.0319. The zero-order valence-corrected chi connectivity index (χ0v) is 13.0. The van der Waals surface area contributed by atoms with Crippen molar-refractivity contribution in [1.29, 1.82) is 0 Å². The van der Waals surface area contributed by atoms with E-state index in [0.29, 0.717) is 17.9 Å². The zero-order valence-electron chi connectivity index (χ0n) is 12.2. The Morgan fingerprint density at radius 1 is 1.40 bits per heavy atom. The lowest BCUT2D eigenvalue weighted by Gasteiger charge is -2.28. The molecule has 1 aromatic carbocycles. The Kier molecular flexibility index (Phi) is 5.92. The van der Waals surface area contributed by atoms with Crippen molar-refractivity contribution in [2.75, 3.05) is 13.4 Å². The van der Waals surface area contributed by atoms with Crippen LogP contribution in [0.4, 0.5) is 0 Å². The average Bonchev–Trinajstić information content (AvgIpc) is 2.48. The van der Waals surface area contributed by atoms with Crippen LogP contribution in [-0.4, -0.2) is 30.6 Å². The van der Waals surface area contributed by atoms with Crippen molar-refractivity contribution in [1.82, 2.24) is 5.32 Å². The highest BCUT2D eigenvalue weighted by molar-refractivity contribution is 7.99. The number of benzene rings is 1. The first-order valence-corrected chi connectivity index (χ1v) is 8.44. The summed E-state index contributed by atoms with van der Waals surface area (Å²) < 4.78 is 5.16. The summed E-state index contributed by atoms with van der Waals surface area (Å²) in [6, 6.07) is 7.97. The van der Waals surface area contributed by atoms with Gasteiger partial charge in [-0.15, -0.1) is 0 Å². The standard InChI is InChI=1S/C16H23NO2S/c1-19-11-12-6-3-4-9-15(12)16(18)17-13-7-5-8-14(10-13)20-2/h3-4,6,9,13-14H,5,7-8,10-11H2,1-2H3,(H,17,18)/t13-,14+/m1/s1. The molecule has 1 aromatic rings. The molecule has 2 atom stereocenters. The maximum absolute atomic E-state index is 12.4. The third-order valence-electron chi connectivity index (χ3n) is 3.86. The number of hydrogen-bond donors (Lipinski definition) is 1. The van der Waals surface area contributed by atoms with E-state index < -0.39 is 0 Å². The molecule has 0 radical (unpaired) electrons. The Labute approximate surface area is 125 Å². The van der Waals surface area contributed by atoms with Gasteiger partial charge in [0.2, 0.25) is 0 Å². The third-order valence-corrected chi connectivity index (χ3v) is 4.95. The van der Waals surface area contributed by atoms with Crippen molar-refractivity contribution in [3.8, 4) is 0 Å². The molecule has 110 valence electrons. The summed E-state index contributed by atoms with van der Waals surface area (Å²) in [6.07, 6.45) is 6.81. The molecule has 3 nitrogen and oxygen atoms in total. The average molecular weight is 293 g/mol. The van der Waals surface area contributed by atoms with Gasteiger partial charge >= 0.3 is 0 Å². The van der Waals surface area contributed by atoms with Crippen LogP contribution < -0.4 is 5.32 Å². The summed E-state index contributed by atoms with van der Waals surface area (Å²) in [7, 11) is 1.65. The highest BCUT2D eigenvalue weighted by atomic mass is 32.2. The topological polar surface area (TPSA) is 38.3 Å². The summed E-state index contributed by atoms with van der Waals surface area (Å²) in [5.41, 5.74) is 1.69. The Bertz CT molecular complexity index is 450. The van der Waals surface area contributed by atoms with Gasteiger partial charge in [0.1, 0.15) is 0 Å². The first-order chi connectivity index (χ1) is 9.74. The smallest absolute Gasteiger partial charge is 0.251 e. The van der Waals surface area contributed by atoms with Gasteiger partial charge in [0.15, 0.2) is 0 Å². The molecule has 1 N–H and O–H groups in total. The number of nitrogens with one attached hydrogen (secondary N) is 1. The number of ether oxygens (including phenoxy) is 1. The van der Waals surface area contributed by atoms with Gasteiger partial charge in [-0.2, -0.15) is 11.8 Å². The van der Waals surface area contributed by atoms with E-state index in [9.17, 15) is 4.79 Å². The van der Waals surface area contributed by atoms with Crippen molar-refractivity contribution >= 4 is 17.7 Å². The zero-order chi connectivity index (χ0) is 14.4. The van der Waals surface area contributed by atoms with E-state index in [1.165, 1.54) is 12.8 Å². The quantitative estimate of drug-likeness (QED) is 0.905. The molecule has 1 aliphatic rings. The van der Waals surface area contributed by atoms with Crippen LogP contribution in [0.2, 0.25) is 0 Å². The van der Waals surface area contributed by atoms with Crippen LogP contribution in [0.1, 0.15) is 41.6 Å². The molecule has 0 heterocycles. The van der Waals surface area contributed by atoms with Crippen molar-refractivity contribution in [3.63, 3.8) is 0 Å². The number of amides is 1. The van der Waals surface area contributed by atoms with Gasteiger partial charge in [0.25, 0.3) is 5.91 Å². The van der Waals surface area contributed by atoms with Crippen molar-refractivity contribution < 1.29 is 9.53 Å². The SMILES string of the molecule is COCc1ccccc1C(=O)N[C@@H]1CCC[C@H](SC)C1. The normalized spacial score (nSPS) is 22.5. The summed E-state index contributed by atoms with van der Waals surface area (Å²) >= 11 is 1.91. The first-order valence-electron chi connectivity index (χ1n) is 7.15. The second-order valence-electron chi connectivity index (χ2n) is 5.28. The van der Waals surface area contributed by atoms with E-state index in [1.807, 2.05) is 36.0 Å². The van der Waals surface area contributed by atoms with Crippen LogP contribution in [0.5, 0.6) is 0 Å². The van der Waals surface area contributed by atoms with E-state index in [4.69, 9.17) is 4.74 Å². The van der Waals surface area contributed by atoms with Crippen molar-refractivity contribution in [2.45, 2.75) is 43.6 Å². The van der Waals surface area contributed by atoms with Crippen LogP contribution >= 0.6 is 11.8 Å². The van der Waals surface area contributed by atoms with E-state index in [0.717, 1.165) is 24.0 Å². The van der Waals surface area contributed by atoms with Gasteiger partial charge in [-0.3, -0.25) is 4.79 Å². The summed E-state index contributed by atoms with van der Waals surface area (Å²) in [5.74, 6) is 0.0319. The molecule has 0 bridgehead atoms. The number of carbonyl (C=O) groups is 1. The minimum Gasteiger partial charge on any atom is -0.380 e. The Balaban J connectivity index is 2.01. The van der Waals surface area contributed by atoms with Gasteiger partial charge in [-0.05, 0) is 37.1 Å². The molecule has 20 heavy (non-hydrogen) atoms. The summed E-state index contributed by atoms with van der Waals surface area (Å²) in [4.78, 5) is 12.4. The number of methoxy groups -OCH3 is 1. The highest BCUT2D eigenvalue weighted by Gasteiger charge is 2.23. The lowest BCUT2D eigenvalue weighted by atomic mass is 9.94. The van der Waals surface area contributed by atoms with Gasteiger partial charge in [-0.1, -0.05) is 24.6 Å². The fourth-order valence-electron chi connectivity index (χ4n) is 2.78. The van der Waals surface area contributed by atoms with E-state index in [-0.39, 0.29) is 5.91 Å². The Morgan fingerprint density at radius 2 is 2.20 bits per heavy atom. The summed E-state index contributed by atoms with van der Waals surface area (Å²) in [5, 5.41) is 3.87. The predicted octanol–water partition coefficient (Wildman–Crippen LogP) is 3.24. The highest BCUT2D eigenvalue weighted by Crippen LogP contribution is 2.27. The van der Waals surface area contributed by atoms with Crippen molar-refractivity contribution in [3.05, 3.63) is 35.4 Å². The largest absolute Gasteiger partial charge is 0.380 e. The first kappa shape index (κ1) is 15.4. The summed E-state index contributed by atoms with van der Waals surface area (Å²) in [6.45, 7) is 0.474. The predicted molar refractivity (Wildman–Crippen MR) is 84.2 cm³/mol. The molecule has 4 heteroatoms. The van der Waals surface area contributed by atoms with Gasteiger partial charge in [0.05, 0.1) is 6.61 Å². The molecule has 0 aromatic heterocycles. The molecule has 2 rings (SSSR count). The number of hydrogen-bond acceptors (Lipinski definition) is 3. The fourth-order valence-corrected chi connectivity index (χ4v) is 3.60. The molecular formula is C16H23NO2S. The fraction of sp³-hybridized carbons (Fsp3) is 0.562. The molecule has 0 saturated heterocycles. The van der Waals surface area contributed by atoms with Gasteiger partial charge < -0.3 is 10.1 Å².